The van der Waals surface area contributed by atoms with Crippen LogP contribution < -0.4 is 19.3 Å². The third-order valence-corrected chi connectivity index (χ3v) is 12.9. The largest absolute Gasteiger partial charge is 0.755 e. The normalized spacial score (nSPS) is 17.9. The maximum Gasteiger partial charge on any atom is 0.294 e. The van der Waals surface area contributed by atoms with E-state index in [1.807, 2.05) is 18.2 Å². The lowest BCUT2D eigenvalue weighted by Crippen LogP contribution is -2.47. The van der Waals surface area contributed by atoms with Crippen molar-refractivity contribution in [1.82, 2.24) is 14.9 Å². The fourth-order valence-corrected chi connectivity index (χ4v) is 9.15. The third-order valence-electron chi connectivity index (χ3n) is 12.0. The molecule has 5 aromatic rings. The van der Waals surface area contributed by atoms with E-state index in [-0.39, 0.29) is 39.7 Å². The van der Waals surface area contributed by atoms with Crippen molar-refractivity contribution in [2.24, 2.45) is 11.3 Å². The number of nitro benzene ring substituents is 1. The molecule has 8 rings (SSSR count). The van der Waals surface area contributed by atoms with Gasteiger partial charge in [-0.1, -0.05) is 43.2 Å². The standard InChI is InChI=1S/C45H50ClN7O7S/c1-45(2)15-11-33(39(26-45)31-3-5-34(46)6-4-31)29-50-17-19-51(20-18-50)35-7-9-38(42(25-35)60-37-23-32-12-16-47-43(32)49-28-37)44(54)52(61(57)58)36-8-10-40(41(24-36)53(55)56)48-27-30-13-21-59-22-14-30/h3-10,12,16,23-25,28,30,48H,11,13-15,17-22,26-27,29H2,1-2H3,(H,47,49)(H,57,58)/p-1. The number of aromatic amines is 1. The molecule has 2 aliphatic heterocycles. The van der Waals surface area contributed by atoms with Crippen molar-refractivity contribution in [3.8, 4) is 11.5 Å². The number of anilines is 3. The van der Waals surface area contributed by atoms with Gasteiger partial charge in [0.25, 0.3) is 11.6 Å². The second kappa shape index (κ2) is 18.3. The molecule has 14 nitrogen and oxygen atoms in total. The zero-order valence-electron chi connectivity index (χ0n) is 34.2. The van der Waals surface area contributed by atoms with E-state index >= 15 is 0 Å². The van der Waals surface area contributed by atoms with E-state index in [1.54, 1.807) is 30.5 Å². The second-order valence-electron chi connectivity index (χ2n) is 16.8. The third kappa shape index (κ3) is 9.92. The molecular weight excluding hydrogens is 818 g/mol. The molecule has 320 valence electrons. The number of aromatic nitrogens is 2. The number of piperazine rings is 1. The van der Waals surface area contributed by atoms with E-state index in [0.717, 1.165) is 73.9 Å². The minimum Gasteiger partial charge on any atom is -0.755 e. The number of carbonyl (C=O) groups excluding carboxylic acids is 1. The lowest BCUT2D eigenvalue weighted by Gasteiger charge is -2.39. The Balaban J connectivity index is 1.04. The van der Waals surface area contributed by atoms with E-state index in [4.69, 9.17) is 21.1 Å². The van der Waals surface area contributed by atoms with Crippen LogP contribution in [0.3, 0.4) is 0 Å². The first-order valence-corrected chi connectivity index (χ1v) is 22.0. The van der Waals surface area contributed by atoms with Gasteiger partial charge in [0.1, 0.15) is 22.8 Å². The highest BCUT2D eigenvalue weighted by atomic mass is 35.5. The van der Waals surface area contributed by atoms with Crippen LogP contribution in [0.4, 0.5) is 22.7 Å². The summed E-state index contributed by atoms with van der Waals surface area (Å²) < 4.78 is 38.0. The van der Waals surface area contributed by atoms with Crippen LogP contribution in [0.1, 0.15) is 61.9 Å². The Bertz CT molecular complexity index is 2460. The van der Waals surface area contributed by atoms with Crippen LogP contribution in [0, 0.1) is 21.4 Å². The molecule has 2 aromatic heterocycles. The van der Waals surface area contributed by atoms with Crippen molar-refractivity contribution in [1.29, 1.82) is 0 Å². The number of amides is 1. The first-order valence-electron chi connectivity index (χ1n) is 20.6. The average molecular weight is 867 g/mol. The van der Waals surface area contributed by atoms with E-state index in [1.165, 1.54) is 35.0 Å². The van der Waals surface area contributed by atoms with Crippen LogP contribution in [0.25, 0.3) is 16.6 Å². The zero-order chi connectivity index (χ0) is 42.7. The molecule has 3 aliphatic rings. The van der Waals surface area contributed by atoms with E-state index in [9.17, 15) is 23.7 Å². The number of ether oxygens (including phenoxy) is 2. The monoisotopic (exact) mass is 866 g/mol. The van der Waals surface area contributed by atoms with Crippen LogP contribution >= 0.6 is 11.6 Å². The molecule has 2 N–H and O–H groups in total. The number of nitrogens with one attached hydrogen (secondary N) is 2. The lowest BCUT2D eigenvalue weighted by molar-refractivity contribution is -0.383. The lowest BCUT2D eigenvalue weighted by atomic mass is 9.72. The zero-order valence-corrected chi connectivity index (χ0v) is 35.8. The maximum absolute atomic E-state index is 14.4. The van der Waals surface area contributed by atoms with Gasteiger partial charge in [-0.3, -0.25) is 24.0 Å². The van der Waals surface area contributed by atoms with Gasteiger partial charge in [0.15, 0.2) is 0 Å². The summed E-state index contributed by atoms with van der Waals surface area (Å²) in [5.41, 5.74) is 5.42. The van der Waals surface area contributed by atoms with Crippen molar-refractivity contribution >= 4 is 68.1 Å². The van der Waals surface area contributed by atoms with Crippen LogP contribution in [0.15, 0.2) is 90.8 Å². The number of nitrogens with zero attached hydrogens (tertiary/aromatic N) is 5. The Hall–Kier alpha value is -5.32. The Morgan fingerprint density at radius 1 is 1.07 bits per heavy atom. The van der Waals surface area contributed by atoms with E-state index in [2.05, 4.69) is 51.1 Å². The molecule has 1 unspecified atom stereocenters. The van der Waals surface area contributed by atoms with Gasteiger partial charge in [-0.15, -0.1) is 0 Å². The van der Waals surface area contributed by atoms with Gasteiger partial charge in [0.2, 0.25) is 0 Å². The Kier molecular flexibility index (Phi) is 12.7. The molecule has 61 heavy (non-hydrogen) atoms. The molecular formula is C45H49ClN7O7S-. The van der Waals surface area contributed by atoms with Gasteiger partial charge >= 0.3 is 0 Å². The molecule has 1 atom stereocenters. The number of nitro groups is 1. The summed E-state index contributed by atoms with van der Waals surface area (Å²) in [6.45, 7) is 10.4. The predicted molar refractivity (Wildman–Crippen MR) is 238 cm³/mol. The number of benzene rings is 3. The molecule has 2 fully saturated rings. The number of halogens is 1. The van der Waals surface area contributed by atoms with E-state index < -0.39 is 22.1 Å². The van der Waals surface area contributed by atoms with Gasteiger partial charge in [0, 0.05) is 86.9 Å². The van der Waals surface area contributed by atoms with Gasteiger partial charge in [-0.2, -0.15) is 0 Å². The molecule has 0 radical (unpaired) electrons. The summed E-state index contributed by atoms with van der Waals surface area (Å²) >= 11 is 3.10. The number of fused-ring (bicyclic) bond motifs is 1. The van der Waals surface area contributed by atoms with Crippen molar-refractivity contribution < 1.29 is 28.0 Å². The number of rotatable bonds is 13. The Morgan fingerprint density at radius 2 is 1.84 bits per heavy atom. The molecule has 0 saturated carbocycles. The van der Waals surface area contributed by atoms with Crippen LogP contribution in [-0.4, -0.2) is 86.9 Å². The summed E-state index contributed by atoms with van der Waals surface area (Å²) in [6.07, 6.45) is 8.12. The minimum absolute atomic E-state index is 0.0491. The SMILES string of the molecule is CC1(C)CCC(CN2CCN(c3ccc(C(=O)N(c4ccc(NCC5CCOCC5)c([N+](=O)[O-])c4)S(=O)[O-])c(Oc4cnc5[nH]ccc5c4)c3)CC2)=C(c2ccc(Cl)cc2)C1. The summed E-state index contributed by atoms with van der Waals surface area (Å²) in [6, 6.07) is 20.8. The fourth-order valence-electron chi connectivity index (χ4n) is 8.50. The van der Waals surface area contributed by atoms with Crippen LogP contribution in [0.2, 0.25) is 5.02 Å². The molecule has 2 saturated heterocycles. The summed E-state index contributed by atoms with van der Waals surface area (Å²) in [4.78, 5) is 38.2. The van der Waals surface area contributed by atoms with Crippen molar-refractivity contribution in [2.45, 2.75) is 46.0 Å². The first kappa shape index (κ1) is 42.4. The van der Waals surface area contributed by atoms with Crippen LogP contribution in [0.5, 0.6) is 11.5 Å². The Labute approximate surface area is 362 Å². The fraction of sp³-hybridized carbons (Fsp3) is 0.378. The first-order chi connectivity index (χ1) is 29.4. The average Bonchev–Trinajstić information content (AvgIpc) is 3.73. The van der Waals surface area contributed by atoms with Crippen LogP contribution in [-0.2, 0) is 16.0 Å². The number of hydrogen-bond acceptors (Lipinski definition) is 11. The van der Waals surface area contributed by atoms with E-state index in [0.29, 0.717) is 48.5 Å². The summed E-state index contributed by atoms with van der Waals surface area (Å²) in [5.74, 6) is -0.203. The molecule has 1 amide bonds. The number of carbonyl (C=O) groups is 1. The predicted octanol–water partition coefficient (Wildman–Crippen LogP) is 8.98. The highest BCUT2D eigenvalue weighted by Crippen LogP contribution is 2.44. The number of hydrogen-bond donors (Lipinski definition) is 2. The van der Waals surface area contributed by atoms with Crippen molar-refractivity contribution in [2.75, 3.05) is 67.0 Å². The summed E-state index contributed by atoms with van der Waals surface area (Å²) in [5, 5.41) is 16.9. The van der Waals surface area contributed by atoms with Crippen molar-refractivity contribution in [3.63, 3.8) is 0 Å². The maximum atomic E-state index is 14.4. The minimum atomic E-state index is -3.15. The number of allylic oxidation sites excluding steroid dienone is 1. The Morgan fingerprint density at radius 3 is 2.57 bits per heavy atom. The van der Waals surface area contributed by atoms with Gasteiger partial charge in [-0.25, -0.2) is 9.29 Å². The molecule has 0 spiro atoms. The highest BCUT2D eigenvalue weighted by Gasteiger charge is 2.31. The number of pyridine rings is 1. The highest BCUT2D eigenvalue weighted by molar-refractivity contribution is 7.81. The molecule has 0 bridgehead atoms. The van der Waals surface area contributed by atoms with Gasteiger partial charge in [0.05, 0.1) is 33.6 Å². The molecule has 4 heterocycles. The molecule has 3 aromatic carbocycles. The van der Waals surface area contributed by atoms with Crippen molar-refractivity contribution in [3.05, 3.63) is 117 Å². The number of H-pyrrole nitrogens is 1. The quantitative estimate of drug-likeness (QED) is 0.0658. The topological polar surface area (TPSA) is 169 Å². The molecule has 1 aliphatic carbocycles. The van der Waals surface area contributed by atoms with Gasteiger partial charge in [-0.05, 0) is 103 Å². The summed E-state index contributed by atoms with van der Waals surface area (Å²) in [7, 11) is 0. The smallest absolute Gasteiger partial charge is 0.294 e. The molecule has 16 heteroatoms. The second-order valence-corrected chi connectivity index (χ2v) is 18.0. The van der Waals surface area contributed by atoms with Gasteiger partial charge < -0.3 is 29.2 Å².